The van der Waals surface area contributed by atoms with Crippen molar-refractivity contribution >= 4 is 0 Å². The Labute approximate surface area is 135 Å². The molecule has 1 aliphatic heterocycles. The van der Waals surface area contributed by atoms with Crippen LogP contribution in [-0.2, 0) is 6.54 Å². The lowest BCUT2D eigenvalue weighted by Crippen LogP contribution is -2.42. The number of halogens is 3. The van der Waals surface area contributed by atoms with Crippen molar-refractivity contribution in [3.63, 3.8) is 0 Å². The number of hydrogen-bond donors (Lipinski definition) is 1. The summed E-state index contributed by atoms with van der Waals surface area (Å²) in [5.74, 6) is -3.07. The Hall–Kier alpha value is -1.11. The molecule has 1 fully saturated rings. The summed E-state index contributed by atoms with van der Waals surface area (Å²) in [6.07, 6.45) is 1.77. The molecular formula is C17H25F3N2O. The van der Waals surface area contributed by atoms with Crippen LogP contribution in [0.4, 0.5) is 13.2 Å². The molecule has 2 rings (SSSR count). The van der Waals surface area contributed by atoms with Crippen LogP contribution in [0.3, 0.4) is 0 Å². The van der Waals surface area contributed by atoms with Gasteiger partial charge >= 0.3 is 0 Å². The van der Waals surface area contributed by atoms with Crippen molar-refractivity contribution in [2.75, 3.05) is 33.2 Å². The zero-order valence-electron chi connectivity index (χ0n) is 13.7. The Balaban J connectivity index is 1.81. The zero-order chi connectivity index (χ0) is 17.0. The van der Waals surface area contributed by atoms with Crippen LogP contribution in [-0.4, -0.2) is 54.2 Å². The minimum atomic E-state index is -1.45. The second-order valence-corrected chi connectivity index (χ2v) is 6.71. The summed E-state index contributed by atoms with van der Waals surface area (Å²) in [4.78, 5) is 4.03. The maximum absolute atomic E-state index is 13.2. The van der Waals surface area contributed by atoms with Gasteiger partial charge in [0.1, 0.15) is 0 Å². The molecule has 3 nitrogen and oxygen atoms in total. The maximum Gasteiger partial charge on any atom is 0.194 e. The second-order valence-electron chi connectivity index (χ2n) is 6.71. The Morgan fingerprint density at radius 1 is 1.22 bits per heavy atom. The number of likely N-dealkylation sites (N-methyl/N-ethyl adjacent to an activating group) is 1. The number of β-amino-alcohol motifs (C(OH)–C–C–N with tert-alkyl or cyclic N) is 1. The smallest absolute Gasteiger partial charge is 0.194 e. The van der Waals surface area contributed by atoms with Crippen molar-refractivity contribution in [1.29, 1.82) is 0 Å². The molecule has 0 saturated carbocycles. The fourth-order valence-corrected chi connectivity index (χ4v) is 3.04. The van der Waals surface area contributed by atoms with E-state index in [-0.39, 0.29) is 6.54 Å². The van der Waals surface area contributed by atoms with E-state index in [0.29, 0.717) is 18.7 Å². The van der Waals surface area contributed by atoms with Crippen LogP contribution >= 0.6 is 0 Å². The normalized spacial score (nSPS) is 18.6. The van der Waals surface area contributed by atoms with Crippen LogP contribution in [0, 0.1) is 23.4 Å². The summed E-state index contributed by atoms with van der Waals surface area (Å²) in [5.41, 5.74) is 0.350. The summed E-state index contributed by atoms with van der Waals surface area (Å²) >= 11 is 0. The number of likely N-dealkylation sites (tertiary alicyclic amines) is 1. The van der Waals surface area contributed by atoms with Crippen LogP contribution in [0.5, 0.6) is 0 Å². The summed E-state index contributed by atoms with van der Waals surface area (Å²) in [6, 6.07) is 1.99. The minimum absolute atomic E-state index is 0.252. The van der Waals surface area contributed by atoms with E-state index >= 15 is 0 Å². The molecule has 130 valence electrons. The maximum atomic E-state index is 13.2. The SMILES string of the molecule is CC1CCN(CC(O)CN(C)Cc2cc(F)c(F)c(F)c2)CC1. The van der Waals surface area contributed by atoms with Gasteiger partial charge in [0.15, 0.2) is 17.5 Å². The number of aliphatic hydroxyl groups excluding tert-OH is 1. The van der Waals surface area contributed by atoms with Gasteiger partial charge in [-0.05, 0) is 56.6 Å². The molecule has 1 aromatic carbocycles. The van der Waals surface area contributed by atoms with Crippen molar-refractivity contribution in [3.05, 3.63) is 35.1 Å². The van der Waals surface area contributed by atoms with Gasteiger partial charge < -0.3 is 10.0 Å². The summed E-state index contributed by atoms with van der Waals surface area (Å²) < 4.78 is 39.3. The van der Waals surface area contributed by atoms with E-state index in [1.807, 2.05) is 0 Å². The predicted octanol–water partition coefficient (Wildman–Crippen LogP) is 2.63. The molecule has 0 radical (unpaired) electrons. The van der Waals surface area contributed by atoms with E-state index in [1.54, 1.807) is 11.9 Å². The van der Waals surface area contributed by atoms with Gasteiger partial charge in [-0.1, -0.05) is 6.92 Å². The number of hydrogen-bond acceptors (Lipinski definition) is 3. The van der Waals surface area contributed by atoms with Gasteiger partial charge in [0.05, 0.1) is 6.10 Å². The van der Waals surface area contributed by atoms with Crippen molar-refractivity contribution in [2.45, 2.75) is 32.4 Å². The molecule has 1 saturated heterocycles. The average Bonchev–Trinajstić information content (AvgIpc) is 2.46. The van der Waals surface area contributed by atoms with Gasteiger partial charge in [-0.25, -0.2) is 13.2 Å². The molecule has 0 spiro atoms. The zero-order valence-corrected chi connectivity index (χ0v) is 13.7. The van der Waals surface area contributed by atoms with Gasteiger partial charge in [0.2, 0.25) is 0 Å². The van der Waals surface area contributed by atoms with Crippen LogP contribution < -0.4 is 0 Å². The molecular weight excluding hydrogens is 305 g/mol. The molecule has 0 aliphatic carbocycles. The number of benzene rings is 1. The first-order valence-electron chi connectivity index (χ1n) is 8.07. The number of nitrogens with zero attached hydrogens (tertiary/aromatic N) is 2. The monoisotopic (exact) mass is 330 g/mol. The molecule has 23 heavy (non-hydrogen) atoms. The van der Waals surface area contributed by atoms with E-state index in [9.17, 15) is 18.3 Å². The van der Waals surface area contributed by atoms with Crippen LogP contribution in [0.2, 0.25) is 0 Å². The van der Waals surface area contributed by atoms with Gasteiger partial charge in [-0.3, -0.25) is 4.90 Å². The summed E-state index contributed by atoms with van der Waals surface area (Å²) in [7, 11) is 1.76. The molecule has 1 aliphatic rings. The highest BCUT2D eigenvalue weighted by Gasteiger charge is 2.19. The molecule has 0 aromatic heterocycles. The van der Waals surface area contributed by atoms with Gasteiger partial charge in [0.25, 0.3) is 0 Å². The average molecular weight is 330 g/mol. The van der Waals surface area contributed by atoms with Crippen molar-refractivity contribution < 1.29 is 18.3 Å². The molecule has 0 amide bonds. The molecule has 1 N–H and O–H groups in total. The van der Waals surface area contributed by atoms with Crippen molar-refractivity contribution in [3.8, 4) is 0 Å². The second kappa shape index (κ2) is 8.13. The quantitative estimate of drug-likeness (QED) is 0.813. The van der Waals surface area contributed by atoms with E-state index in [4.69, 9.17) is 0 Å². The number of rotatable bonds is 6. The lowest BCUT2D eigenvalue weighted by atomic mass is 9.99. The molecule has 0 bridgehead atoms. The molecule has 1 heterocycles. The highest BCUT2D eigenvalue weighted by molar-refractivity contribution is 5.19. The first kappa shape index (κ1) is 18.2. The van der Waals surface area contributed by atoms with Crippen LogP contribution in [0.15, 0.2) is 12.1 Å². The van der Waals surface area contributed by atoms with E-state index < -0.39 is 23.6 Å². The van der Waals surface area contributed by atoms with Crippen LogP contribution in [0.25, 0.3) is 0 Å². The number of piperidine rings is 1. The van der Waals surface area contributed by atoms with Gasteiger partial charge in [-0.2, -0.15) is 0 Å². The van der Waals surface area contributed by atoms with E-state index in [2.05, 4.69) is 11.8 Å². The molecule has 1 atom stereocenters. The Kier molecular flexibility index (Phi) is 6.44. The first-order chi connectivity index (χ1) is 10.8. The Morgan fingerprint density at radius 2 is 1.78 bits per heavy atom. The van der Waals surface area contributed by atoms with Crippen molar-refractivity contribution in [2.24, 2.45) is 5.92 Å². The fraction of sp³-hybridized carbons (Fsp3) is 0.647. The lowest BCUT2D eigenvalue weighted by Gasteiger charge is -2.32. The highest BCUT2D eigenvalue weighted by atomic mass is 19.2. The fourth-order valence-electron chi connectivity index (χ4n) is 3.04. The highest BCUT2D eigenvalue weighted by Crippen LogP contribution is 2.17. The molecule has 6 heteroatoms. The third kappa shape index (κ3) is 5.48. The van der Waals surface area contributed by atoms with E-state index in [0.717, 1.165) is 44.0 Å². The van der Waals surface area contributed by atoms with Crippen molar-refractivity contribution in [1.82, 2.24) is 9.80 Å². The third-order valence-corrected chi connectivity index (χ3v) is 4.36. The Morgan fingerprint density at radius 3 is 2.35 bits per heavy atom. The minimum Gasteiger partial charge on any atom is -0.390 e. The molecule has 1 unspecified atom stereocenters. The van der Waals surface area contributed by atoms with Crippen LogP contribution in [0.1, 0.15) is 25.3 Å². The Bertz CT molecular complexity index is 496. The van der Waals surface area contributed by atoms with Gasteiger partial charge in [-0.15, -0.1) is 0 Å². The number of aliphatic hydroxyl groups is 1. The standard InChI is InChI=1S/C17H25F3N2O/c1-12-3-5-22(6-4-12)11-14(23)10-21(2)9-13-7-15(18)17(20)16(19)8-13/h7-8,12,14,23H,3-6,9-11H2,1-2H3. The predicted molar refractivity (Wildman–Crippen MR) is 83.5 cm³/mol. The summed E-state index contributed by atoms with van der Waals surface area (Å²) in [5, 5.41) is 10.2. The summed E-state index contributed by atoms with van der Waals surface area (Å²) in [6.45, 7) is 5.48. The molecule has 1 aromatic rings. The van der Waals surface area contributed by atoms with Gasteiger partial charge in [0, 0.05) is 19.6 Å². The first-order valence-corrected chi connectivity index (χ1v) is 8.07. The largest absolute Gasteiger partial charge is 0.390 e. The van der Waals surface area contributed by atoms with E-state index in [1.165, 1.54) is 0 Å². The lowest BCUT2D eigenvalue weighted by molar-refractivity contribution is 0.0662. The topological polar surface area (TPSA) is 26.7 Å². The third-order valence-electron chi connectivity index (χ3n) is 4.36.